The number of allylic oxidation sites excluding steroid dienone is 1. The Hall–Kier alpha value is -1.19. The lowest BCUT2D eigenvalue weighted by Gasteiger charge is -2.58. The number of rotatable bonds is 6. The molecule has 0 amide bonds. The van der Waals surface area contributed by atoms with Gasteiger partial charge in [0.1, 0.15) is 0 Å². The highest BCUT2D eigenvalue weighted by molar-refractivity contribution is 5.78. The van der Waals surface area contributed by atoms with E-state index in [9.17, 15) is 9.90 Å². The van der Waals surface area contributed by atoms with Crippen LogP contribution in [0.4, 0.5) is 0 Å². The van der Waals surface area contributed by atoms with E-state index in [2.05, 4.69) is 32.8 Å². The number of fused-ring (bicyclic) bond motifs is 4. The Morgan fingerprint density at radius 1 is 1.04 bits per heavy atom. The standard InChI is InChI=1S/C24H40N2O2/c1-12(2)16-9-18-19(10-16)21-13(3)8-17(11-20(18)21)14(4)22(15(5)26-25)24(6,7)23(27)28/h12-14,16-21,25H,8-11H2,1-7H3,(H,27,28)/b22-15-,26-25?/t13?,14?,16?,17?,18-,19?,20?,21-/m1/s1. The van der Waals surface area contributed by atoms with Crippen LogP contribution in [0.1, 0.15) is 74.1 Å². The number of nitrogens with zero attached hydrogens (tertiary/aromatic N) is 1. The van der Waals surface area contributed by atoms with Crippen LogP contribution in [0.5, 0.6) is 0 Å². The Labute approximate surface area is 171 Å². The Kier molecular flexibility index (Phi) is 5.82. The van der Waals surface area contributed by atoms with Crippen LogP contribution in [0.2, 0.25) is 0 Å². The van der Waals surface area contributed by atoms with Crippen molar-refractivity contribution in [1.82, 2.24) is 0 Å². The molecule has 3 rings (SSSR count). The molecule has 4 nitrogen and oxygen atoms in total. The van der Waals surface area contributed by atoms with E-state index in [1.165, 1.54) is 25.7 Å². The number of carboxylic acid groups (broad SMARTS) is 1. The zero-order valence-electron chi connectivity index (χ0n) is 18.8. The molecule has 3 aliphatic carbocycles. The Bertz CT molecular complexity index is 666. The molecule has 0 aromatic carbocycles. The van der Waals surface area contributed by atoms with Gasteiger partial charge in [0, 0.05) is 0 Å². The summed E-state index contributed by atoms with van der Waals surface area (Å²) in [6.45, 7) is 14.7. The van der Waals surface area contributed by atoms with E-state index in [1.54, 1.807) is 13.8 Å². The molecular weight excluding hydrogens is 348 g/mol. The fraction of sp³-hybridized carbons (Fsp3) is 0.875. The summed E-state index contributed by atoms with van der Waals surface area (Å²) in [5.74, 6) is 5.81. The maximum absolute atomic E-state index is 12.0. The molecular formula is C24H40N2O2. The molecule has 0 aromatic rings. The molecule has 0 heterocycles. The molecule has 28 heavy (non-hydrogen) atoms. The van der Waals surface area contributed by atoms with Crippen molar-refractivity contribution in [3.63, 3.8) is 0 Å². The minimum Gasteiger partial charge on any atom is -0.481 e. The summed E-state index contributed by atoms with van der Waals surface area (Å²) < 4.78 is 0. The van der Waals surface area contributed by atoms with Crippen molar-refractivity contribution in [1.29, 1.82) is 5.53 Å². The summed E-state index contributed by atoms with van der Waals surface area (Å²) in [6, 6.07) is 0. The van der Waals surface area contributed by atoms with E-state index in [1.807, 2.05) is 6.92 Å². The van der Waals surface area contributed by atoms with Gasteiger partial charge in [-0.3, -0.25) is 4.79 Å². The van der Waals surface area contributed by atoms with Gasteiger partial charge in [0.05, 0.1) is 11.1 Å². The Morgan fingerprint density at radius 2 is 1.57 bits per heavy atom. The minimum atomic E-state index is -0.980. The largest absolute Gasteiger partial charge is 0.481 e. The van der Waals surface area contributed by atoms with Gasteiger partial charge in [0.2, 0.25) is 0 Å². The van der Waals surface area contributed by atoms with Gasteiger partial charge in [-0.15, -0.1) is 0 Å². The molecule has 0 aliphatic heterocycles. The van der Waals surface area contributed by atoms with Gasteiger partial charge in [0.15, 0.2) is 0 Å². The first-order chi connectivity index (χ1) is 13.0. The van der Waals surface area contributed by atoms with E-state index in [-0.39, 0.29) is 5.92 Å². The molecule has 8 atom stereocenters. The summed E-state index contributed by atoms with van der Waals surface area (Å²) in [7, 11) is 0. The number of carboxylic acids is 1. The van der Waals surface area contributed by atoms with Gasteiger partial charge < -0.3 is 5.11 Å². The fourth-order valence-corrected chi connectivity index (χ4v) is 7.51. The number of nitrogens with one attached hydrogen (secondary N) is 1. The lowest BCUT2D eigenvalue weighted by atomic mass is 9.47. The number of carbonyl (C=O) groups is 1. The molecule has 0 radical (unpaired) electrons. The zero-order chi connectivity index (χ0) is 21.0. The van der Waals surface area contributed by atoms with Crippen molar-refractivity contribution in [3.05, 3.63) is 11.3 Å². The second-order valence-electron chi connectivity index (χ2n) is 11.1. The van der Waals surface area contributed by atoms with Crippen LogP contribution in [0.15, 0.2) is 16.4 Å². The van der Waals surface area contributed by atoms with Crippen LogP contribution in [0, 0.1) is 64.2 Å². The number of aliphatic carboxylic acids is 1. The zero-order valence-corrected chi connectivity index (χ0v) is 18.8. The van der Waals surface area contributed by atoms with Gasteiger partial charge >= 0.3 is 5.97 Å². The van der Waals surface area contributed by atoms with E-state index in [0.717, 1.165) is 47.0 Å². The minimum absolute atomic E-state index is 0.157. The summed E-state index contributed by atoms with van der Waals surface area (Å²) in [6.07, 6.45) is 5.25. The smallest absolute Gasteiger partial charge is 0.313 e. The average Bonchev–Trinajstić information content (AvgIpc) is 2.98. The third-order valence-electron chi connectivity index (χ3n) is 9.02. The van der Waals surface area contributed by atoms with Crippen LogP contribution in [-0.4, -0.2) is 11.1 Å². The first kappa shape index (κ1) is 21.5. The quantitative estimate of drug-likeness (QED) is 0.501. The highest BCUT2D eigenvalue weighted by Crippen LogP contribution is 2.66. The van der Waals surface area contributed by atoms with Gasteiger partial charge in [-0.2, -0.15) is 5.11 Å². The molecule has 2 N–H and O–H groups in total. The number of hydrogen-bond acceptors (Lipinski definition) is 3. The Morgan fingerprint density at radius 3 is 2.07 bits per heavy atom. The summed E-state index contributed by atoms with van der Waals surface area (Å²) in [4.78, 5) is 12.0. The molecule has 0 aromatic heterocycles. The molecule has 0 bridgehead atoms. The topological polar surface area (TPSA) is 73.5 Å². The van der Waals surface area contributed by atoms with Crippen LogP contribution >= 0.6 is 0 Å². The van der Waals surface area contributed by atoms with E-state index in [0.29, 0.717) is 11.6 Å². The molecule has 0 spiro atoms. The molecule has 3 saturated carbocycles. The van der Waals surface area contributed by atoms with Gasteiger partial charge in [0.25, 0.3) is 0 Å². The van der Waals surface area contributed by atoms with Gasteiger partial charge in [-0.05, 0) is 105 Å². The highest BCUT2D eigenvalue weighted by atomic mass is 16.4. The molecule has 6 unspecified atom stereocenters. The lowest BCUT2D eigenvalue weighted by molar-refractivity contribution is -0.145. The SMILES string of the molecule is C/C(N=N)=C(\C(C)C1CC(C)[C@@H]2C3CC(C(C)C)C[C@H]3C2C1)C(C)(C)C(=O)O. The molecule has 3 fully saturated rings. The maximum Gasteiger partial charge on any atom is 0.313 e. The summed E-state index contributed by atoms with van der Waals surface area (Å²) in [5, 5.41) is 13.5. The average molecular weight is 389 g/mol. The second-order valence-corrected chi connectivity index (χ2v) is 11.1. The van der Waals surface area contributed by atoms with Gasteiger partial charge in [-0.25, -0.2) is 5.53 Å². The van der Waals surface area contributed by atoms with E-state index in [4.69, 9.17) is 5.53 Å². The van der Waals surface area contributed by atoms with Gasteiger partial charge in [-0.1, -0.05) is 27.7 Å². The van der Waals surface area contributed by atoms with Crippen molar-refractivity contribution < 1.29 is 9.90 Å². The monoisotopic (exact) mass is 388 g/mol. The summed E-state index contributed by atoms with van der Waals surface area (Å²) >= 11 is 0. The Balaban J connectivity index is 1.81. The van der Waals surface area contributed by atoms with Crippen LogP contribution in [-0.2, 0) is 4.79 Å². The predicted molar refractivity (Wildman–Crippen MR) is 112 cm³/mol. The maximum atomic E-state index is 12.0. The van der Waals surface area contributed by atoms with E-state index >= 15 is 0 Å². The first-order valence-corrected chi connectivity index (χ1v) is 11.3. The van der Waals surface area contributed by atoms with E-state index < -0.39 is 11.4 Å². The van der Waals surface area contributed by atoms with Crippen LogP contribution in [0.3, 0.4) is 0 Å². The number of hydrogen-bond donors (Lipinski definition) is 2. The molecule has 158 valence electrons. The third kappa shape index (κ3) is 3.35. The van der Waals surface area contributed by atoms with Crippen molar-refractivity contribution >= 4 is 5.97 Å². The summed E-state index contributed by atoms with van der Waals surface area (Å²) in [5.41, 5.74) is 7.98. The molecule has 4 heteroatoms. The van der Waals surface area contributed by atoms with Crippen LogP contribution in [0.25, 0.3) is 0 Å². The van der Waals surface area contributed by atoms with Crippen molar-refractivity contribution in [2.45, 2.75) is 74.1 Å². The fourth-order valence-electron chi connectivity index (χ4n) is 7.51. The lowest BCUT2D eigenvalue weighted by Crippen LogP contribution is -2.52. The van der Waals surface area contributed by atoms with Crippen LogP contribution < -0.4 is 0 Å². The second kappa shape index (κ2) is 7.57. The van der Waals surface area contributed by atoms with Crippen molar-refractivity contribution in [2.75, 3.05) is 0 Å². The molecule has 0 saturated heterocycles. The third-order valence-corrected chi connectivity index (χ3v) is 9.02. The molecule has 3 aliphatic rings. The predicted octanol–water partition coefficient (Wildman–Crippen LogP) is 6.63. The van der Waals surface area contributed by atoms with Crippen molar-refractivity contribution in [2.24, 2.45) is 63.8 Å². The first-order valence-electron chi connectivity index (χ1n) is 11.3. The van der Waals surface area contributed by atoms with Crippen molar-refractivity contribution in [3.8, 4) is 0 Å². The normalized spacial score (nSPS) is 39.5. The highest BCUT2D eigenvalue weighted by Gasteiger charge is 2.59.